The second kappa shape index (κ2) is 11.8. The Morgan fingerprint density at radius 3 is 2.56 bits per heavy atom. The molecular formula is C26H24F3N3O6S. The first-order valence-corrected chi connectivity index (χ1v) is 12.6. The van der Waals surface area contributed by atoms with Crippen molar-refractivity contribution in [2.45, 2.75) is 31.7 Å². The Morgan fingerprint density at radius 1 is 1.23 bits per heavy atom. The van der Waals surface area contributed by atoms with Crippen molar-refractivity contribution in [2.75, 3.05) is 20.3 Å². The molecule has 4 aromatic rings. The number of thiophene rings is 1. The molecule has 0 spiro atoms. The van der Waals surface area contributed by atoms with E-state index in [2.05, 4.69) is 10.3 Å². The van der Waals surface area contributed by atoms with Crippen LogP contribution >= 0.6 is 11.3 Å². The van der Waals surface area contributed by atoms with E-state index < -0.39 is 12.1 Å². The highest BCUT2D eigenvalue weighted by atomic mass is 32.1. The standard InChI is InChI=1S/C24H23N3O4S.C2HF3O2/c1-30-20-19-21(32-22(20)23(28)26-13-16-8-6-12-31-16)17-9-2-3-10-18(17)27(24(19)29)14-15-7-4-5-11-25-15;3-2(4,5)1(6)7/h2-5,7,9-11,16H,6,8,12-14H2,1H3,(H,26,28);(H,6,7). The zero-order valence-electron chi connectivity index (χ0n) is 20.7. The van der Waals surface area contributed by atoms with E-state index >= 15 is 0 Å². The van der Waals surface area contributed by atoms with E-state index in [0.29, 0.717) is 29.1 Å². The van der Waals surface area contributed by atoms with Gasteiger partial charge in [0.2, 0.25) is 0 Å². The van der Waals surface area contributed by atoms with Crippen molar-refractivity contribution in [2.24, 2.45) is 0 Å². The number of nitrogens with zero attached hydrogens (tertiary/aromatic N) is 2. The summed E-state index contributed by atoms with van der Waals surface area (Å²) >= 11 is 1.29. The number of carboxylic acids is 1. The Kier molecular flexibility index (Phi) is 8.51. The lowest BCUT2D eigenvalue weighted by Gasteiger charge is -2.12. The quantitative estimate of drug-likeness (QED) is 0.361. The number of halogens is 3. The molecule has 39 heavy (non-hydrogen) atoms. The number of carbonyl (C=O) groups excluding carboxylic acids is 1. The lowest BCUT2D eigenvalue weighted by atomic mass is 10.1. The van der Waals surface area contributed by atoms with Crippen LogP contribution in [0.4, 0.5) is 13.2 Å². The number of benzene rings is 1. The number of ether oxygens (including phenoxy) is 2. The highest BCUT2D eigenvalue weighted by Gasteiger charge is 2.38. The van der Waals surface area contributed by atoms with Crippen LogP contribution in [0.3, 0.4) is 0 Å². The third kappa shape index (κ3) is 6.20. The van der Waals surface area contributed by atoms with E-state index in [9.17, 15) is 22.8 Å². The molecule has 1 aliphatic rings. The van der Waals surface area contributed by atoms with Crippen LogP contribution in [0.2, 0.25) is 0 Å². The van der Waals surface area contributed by atoms with E-state index in [-0.39, 0.29) is 17.6 Å². The Hall–Kier alpha value is -3.97. The third-order valence-corrected chi connectivity index (χ3v) is 7.18. The summed E-state index contributed by atoms with van der Waals surface area (Å²) in [5, 5.41) is 11.4. The maximum Gasteiger partial charge on any atom is 0.490 e. The molecule has 0 bridgehead atoms. The number of hydrogen-bond donors (Lipinski definition) is 2. The van der Waals surface area contributed by atoms with Crippen LogP contribution in [0, 0.1) is 0 Å². The van der Waals surface area contributed by atoms with Crippen molar-refractivity contribution >= 4 is 44.2 Å². The van der Waals surface area contributed by atoms with Gasteiger partial charge in [-0.15, -0.1) is 11.3 Å². The molecular weight excluding hydrogens is 539 g/mol. The van der Waals surface area contributed by atoms with Crippen LogP contribution in [0.1, 0.15) is 28.2 Å². The minimum absolute atomic E-state index is 0.0377. The van der Waals surface area contributed by atoms with Gasteiger partial charge >= 0.3 is 12.1 Å². The van der Waals surface area contributed by atoms with E-state index in [4.69, 9.17) is 19.4 Å². The van der Waals surface area contributed by atoms with Gasteiger partial charge in [0.15, 0.2) is 5.75 Å². The number of alkyl halides is 3. The van der Waals surface area contributed by atoms with Gasteiger partial charge in [-0.2, -0.15) is 13.2 Å². The fourth-order valence-corrected chi connectivity index (χ4v) is 5.40. The smallest absolute Gasteiger partial charge is 0.490 e. The minimum Gasteiger partial charge on any atom is -0.494 e. The van der Waals surface area contributed by atoms with Crippen LogP contribution in [-0.4, -0.2) is 59.1 Å². The maximum atomic E-state index is 13.6. The lowest BCUT2D eigenvalue weighted by molar-refractivity contribution is -0.192. The summed E-state index contributed by atoms with van der Waals surface area (Å²) in [5.41, 5.74) is 1.38. The van der Waals surface area contributed by atoms with Gasteiger partial charge in [0.1, 0.15) is 10.3 Å². The molecule has 5 rings (SSSR count). The zero-order chi connectivity index (χ0) is 28.2. The van der Waals surface area contributed by atoms with Crippen LogP contribution in [0.5, 0.6) is 5.75 Å². The van der Waals surface area contributed by atoms with Crippen molar-refractivity contribution in [3.05, 3.63) is 69.6 Å². The van der Waals surface area contributed by atoms with Gasteiger partial charge in [0.05, 0.1) is 35.7 Å². The number of nitrogens with one attached hydrogen (secondary N) is 1. The van der Waals surface area contributed by atoms with Crippen molar-refractivity contribution in [3.63, 3.8) is 0 Å². The molecule has 1 saturated heterocycles. The highest BCUT2D eigenvalue weighted by molar-refractivity contribution is 7.22. The van der Waals surface area contributed by atoms with E-state index in [1.54, 1.807) is 10.8 Å². The number of hydrogen-bond acceptors (Lipinski definition) is 7. The lowest BCUT2D eigenvalue weighted by Crippen LogP contribution is -2.31. The van der Waals surface area contributed by atoms with E-state index in [1.165, 1.54) is 18.4 Å². The molecule has 4 heterocycles. The molecule has 9 nitrogen and oxygen atoms in total. The zero-order valence-corrected chi connectivity index (χ0v) is 21.5. The average Bonchev–Trinajstić information content (AvgIpc) is 3.58. The fourth-order valence-electron chi connectivity index (χ4n) is 4.19. The second-order valence-electron chi connectivity index (χ2n) is 8.55. The maximum absolute atomic E-state index is 13.6. The SMILES string of the molecule is COc1c(C(=O)NCC2CCCO2)sc2c1c(=O)n(Cc1ccccn1)c1ccccc21.O=C(O)C(F)(F)F. The number of amides is 1. The summed E-state index contributed by atoms with van der Waals surface area (Å²) in [5.74, 6) is -2.69. The van der Waals surface area contributed by atoms with Gasteiger partial charge in [0.25, 0.3) is 11.5 Å². The average molecular weight is 564 g/mol. The molecule has 1 unspecified atom stereocenters. The molecule has 1 amide bonds. The third-order valence-electron chi connectivity index (χ3n) is 5.98. The van der Waals surface area contributed by atoms with E-state index in [1.807, 2.05) is 42.5 Å². The van der Waals surface area contributed by atoms with Crippen LogP contribution < -0.4 is 15.6 Å². The van der Waals surface area contributed by atoms with Gasteiger partial charge in [0, 0.05) is 24.7 Å². The molecule has 0 radical (unpaired) electrons. The summed E-state index contributed by atoms with van der Waals surface area (Å²) in [6.07, 6.45) is -1.39. The number of aliphatic carboxylic acids is 1. The molecule has 1 aliphatic heterocycles. The molecule has 1 aromatic carbocycles. The Balaban J connectivity index is 0.000000448. The first-order chi connectivity index (χ1) is 18.6. The first kappa shape index (κ1) is 28.0. The molecule has 0 saturated carbocycles. The molecule has 206 valence electrons. The summed E-state index contributed by atoms with van der Waals surface area (Å²) in [4.78, 5) is 40.3. The first-order valence-electron chi connectivity index (χ1n) is 11.8. The highest BCUT2D eigenvalue weighted by Crippen LogP contribution is 2.39. The topological polar surface area (TPSA) is 120 Å². The molecule has 1 fully saturated rings. The fraction of sp³-hybridized carbons (Fsp3) is 0.308. The number of pyridine rings is 2. The molecule has 0 aliphatic carbocycles. The Bertz CT molecular complexity index is 1550. The summed E-state index contributed by atoms with van der Waals surface area (Å²) < 4.78 is 45.4. The summed E-state index contributed by atoms with van der Waals surface area (Å²) in [6.45, 7) is 1.51. The summed E-state index contributed by atoms with van der Waals surface area (Å²) in [7, 11) is 1.50. The number of rotatable bonds is 6. The van der Waals surface area contributed by atoms with Crippen LogP contribution in [-0.2, 0) is 16.1 Å². The largest absolute Gasteiger partial charge is 0.494 e. The van der Waals surface area contributed by atoms with Gasteiger partial charge in [-0.25, -0.2) is 4.79 Å². The Labute approximate surface area is 223 Å². The number of aromatic nitrogens is 2. The van der Waals surface area contributed by atoms with Crippen LogP contribution in [0.15, 0.2) is 53.5 Å². The van der Waals surface area contributed by atoms with Crippen molar-refractivity contribution < 1.29 is 37.3 Å². The van der Waals surface area contributed by atoms with Crippen molar-refractivity contribution in [3.8, 4) is 5.75 Å². The van der Waals surface area contributed by atoms with Crippen molar-refractivity contribution in [1.29, 1.82) is 0 Å². The van der Waals surface area contributed by atoms with Gasteiger partial charge < -0.3 is 24.5 Å². The van der Waals surface area contributed by atoms with E-state index in [0.717, 1.165) is 40.7 Å². The normalized spacial score (nSPS) is 15.1. The molecule has 3 aromatic heterocycles. The number of fused-ring (bicyclic) bond motifs is 3. The monoisotopic (exact) mass is 563 g/mol. The molecule has 1 atom stereocenters. The number of carboxylic acid groups (broad SMARTS) is 1. The number of methoxy groups -OCH3 is 1. The molecule has 13 heteroatoms. The Morgan fingerprint density at radius 2 is 1.95 bits per heavy atom. The van der Waals surface area contributed by atoms with Gasteiger partial charge in [-0.05, 0) is 31.0 Å². The predicted octanol–water partition coefficient (Wildman–Crippen LogP) is 4.21. The van der Waals surface area contributed by atoms with Gasteiger partial charge in [-0.3, -0.25) is 14.6 Å². The number of carbonyl (C=O) groups is 2. The summed E-state index contributed by atoms with van der Waals surface area (Å²) in [6, 6.07) is 13.4. The minimum atomic E-state index is -5.08. The molecule has 2 N–H and O–H groups in total. The van der Waals surface area contributed by atoms with Crippen LogP contribution in [0.25, 0.3) is 21.0 Å². The number of para-hydroxylation sites is 1. The predicted molar refractivity (Wildman–Crippen MR) is 138 cm³/mol. The van der Waals surface area contributed by atoms with Gasteiger partial charge in [-0.1, -0.05) is 24.3 Å². The second-order valence-corrected chi connectivity index (χ2v) is 9.57. The van der Waals surface area contributed by atoms with Crippen molar-refractivity contribution in [1.82, 2.24) is 14.9 Å².